The Balaban J connectivity index is 2.63. The SMILES string of the molecule is CC1CSCC(C)C1=NO. The second kappa shape index (κ2) is 3.28. The second-order valence-electron chi connectivity index (χ2n) is 2.86. The molecule has 1 aliphatic heterocycles. The van der Waals surface area contributed by atoms with Gasteiger partial charge in [-0.2, -0.15) is 11.8 Å². The van der Waals surface area contributed by atoms with Crippen molar-refractivity contribution in [1.29, 1.82) is 0 Å². The Hall–Kier alpha value is -0.180. The van der Waals surface area contributed by atoms with Crippen LogP contribution in [0.3, 0.4) is 0 Å². The first-order valence-corrected chi connectivity index (χ1v) is 4.70. The lowest BCUT2D eigenvalue weighted by molar-refractivity contribution is 0.312. The molecule has 1 heterocycles. The summed E-state index contributed by atoms with van der Waals surface area (Å²) in [5.74, 6) is 3.12. The third kappa shape index (κ3) is 1.45. The highest BCUT2D eigenvalue weighted by Crippen LogP contribution is 2.24. The predicted molar refractivity (Wildman–Crippen MR) is 44.9 cm³/mol. The van der Waals surface area contributed by atoms with Crippen LogP contribution in [0.4, 0.5) is 0 Å². The first kappa shape index (κ1) is 7.92. The summed E-state index contributed by atoms with van der Waals surface area (Å²) < 4.78 is 0. The average Bonchev–Trinajstić information content (AvgIpc) is 1.88. The van der Waals surface area contributed by atoms with Crippen LogP contribution in [0.5, 0.6) is 0 Å². The van der Waals surface area contributed by atoms with E-state index in [1.54, 1.807) is 0 Å². The fourth-order valence-electron chi connectivity index (χ4n) is 1.28. The molecule has 1 fully saturated rings. The van der Waals surface area contributed by atoms with Gasteiger partial charge < -0.3 is 5.21 Å². The van der Waals surface area contributed by atoms with E-state index in [0.29, 0.717) is 11.8 Å². The van der Waals surface area contributed by atoms with Gasteiger partial charge in [0.15, 0.2) is 0 Å². The highest BCUT2D eigenvalue weighted by molar-refractivity contribution is 7.99. The lowest BCUT2D eigenvalue weighted by Crippen LogP contribution is -2.28. The molecule has 1 aliphatic rings. The van der Waals surface area contributed by atoms with E-state index < -0.39 is 0 Å². The van der Waals surface area contributed by atoms with Gasteiger partial charge in [0, 0.05) is 23.3 Å². The fourth-order valence-corrected chi connectivity index (χ4v) is 2.46. The molecule has 2 atom stereocenters. The van der Waals surface area contributed by atoms with Crippen molar-refractivity contribution in [2.75, 3.05) is 11.5 Å². The smallest absolute Gasteiger partial charge is 0.0643 e. The molecule has 0 amide bonds. The maximum Gasteiger partial charge on any atom is 0.0643 e. The Morgan fingerprint density at radius 3 is 2.20 bits per heavy atom. The third-order valence-electron chi connectivity index (χ3n) is 1.86. The molecule has 10 heavy (non-hydrogen) atoms. The monoisotopic (exact) mass is 159 g/mol. The van der Waals surface area contributed by atoms with Crippen LogP contribution in [0.25, 0.3) is 0 Å². The lowest BCUT2D eigenvalue weighted by atomic mass is 9.97. The van der Waals surface area contributed by atoms with Gasteiger partial charge in [0.2, 0.25) is 0 Å². The molecular weight excluding hydrogens is 146 g/mol. The Morgan fingerprint density at radius 2 is 1.90 bits per heavy atom. The van der Waals surface area contributed by atoms with Gasteiger partial charge in [0.05, 0.1) is 5.71 Å². The quantitative estimate of drug-likeness (QED) is 0.432. The topological polar surface area (TPSA) is 32.6 Å². The van der Waals surface area contributed by atoms with Crippen LogP contribution in [-0.2, 0) is 0 Å². The molecule has 1 N–H and O–H groups in total. The van der Waals surface area contributed by atoms with E-state index in [2.05, 4.69) is 19.0 Å². The highest BCUT2D eigenvalue weighted by atomic mass is 32.2. The van der Waals surface area contributed by atoms with E-state index in [9.17, 15) is 0 Å². The first-order chi connectivity index (χ1) is 4.75. The van der Waals surface area contributed by atoms with Crippen molar-refractivity contribution in [2.45, 2.75) is 13.8 Å². The molecule has 0 radical (unpaired) electrons. The normalized spacial score (nSPS) is 34.0. The molecule has 2 nitrogen and oxygen atoms in total. The van der Waals surface area contributed by atoms with Crippen LogP contribution in [0, 0.1) is 11.8 Å². The van der Waals surface area contributed by atoms with Gasteiger partial charge in [-0.05, 0) is 0 Å². The van der Waals surface area contributed by atoms with Crippen molar-refractivity contribution in [3.63, 3.8) is 0 Å². The van der Waals surface area contributed by atoms with Crippen LogP contribution < -0.4 is 0 Å². The lowest BCUT2D eigenvalue weighted by Gasteiger charge is -2.24. The van der Waals surface area contributed by atoms with E-state index in [1.807, 2.05) is 11.8 Å². The number of oxime groups is 1. The maximum atomic E-state index is 8.61. The Kier molecular flexibility index (Phi) is 2.60. The minimum Gasteiger partial charge on any atom is -0.411 e. The molecule has 1 saturated heterocycles. The summed E-state index contributed by atoms with van der Waals surface area (Å²) in [5.41, 5.74) is 0.971. The van der Waals surface area contributed by atoms with Gasteiger partial charge >= 0.3 is 0 Å². The average molecular weight is 159 g/mol. The molecule has 0 aliphatic carbocycles. The zero-order valence-electron chi connectivity index (χ0n) is 6.37. The Morgan fingerprint density at radius 1 is 1.40 bits per heavy atom. The van der Waals surface area contributed by atoms with Gasteiger partial charge in [-0.25, -0.2) is 0 Å². The summed E-state index contributed by atoms with van der Waals surface area (Å²) in [7, 11) is 0. The molecule has 0 saturated carbocycles. The standard InChI is InChI=1S/C7H13NOS/c1-5-3-10-4-6(2)7(5)8-9/h5-6,9H,3-4H2,1-2H3. The third-order valence-corrected chi connectivity index (χ3v) is 3.33. The number of rotatable bonds is 0. The zero-order chi connectivity index (χ0) is 7.56. The number of hydrogen-bond donors (Lipinski definition) is 1. The Labute approximate surface area is 65.7 Å². The number of thioether (sulfide) groups is 1. The number of nitrogens with zero attached hydrogens (tertiary/aromatic N) is 1. The minimum atomic E-state index is 0.457. The molecule has 1 rings (SSSR count). The predicted octanol–water partition coefficient (Wildman–Crippen LogP) is 1.84. The molecule has 58 valence electrons. The summed E-state index contributed by atoms with van der Waals surface area (Å²) in [6.07, 6.45) is 0. The van der Waals surface area contributed by atoms with Crippen LogP contribution >= 0.6 is 11.8 Å². The van der Waals surface area contributed by atoms with Crippen molar-refractivity contribution in [3.05, 3.63) is 0 Å². The molecule has 0 spiro atoms. The summed E-state index contributed by atoms with van der Waals surface area (Å²) in [6.45, 7) is 4.22. The summed E-state index contributed by atoms with van der Waals surface area (Å²) in [6, 6.07) is 0. The maximum absolute atomic E-state index is 8.61. The molecule has 0 aromatic rings. The minimum absolute atomic E-state index is 0.457. The highest BCUT2D eigenvalue weighted by Gasteiger charge is 2.23. The second-order valence-corrected chi connectivity index (χ2v) is 3.94. The summed E-state index contributed by atoms with van der Waals surface area (Å²) in [5, 5.41) is 11.9. The van der Waals surface area contributed by atoms with Crippen LogP contribution in [-0.4, -0.2) is 22.4 Å². The van der Waals surface area contributed by atoms with E-state index >= 15 is 0 Å². The van der Waals surface area contributed by atoms with E-state index in [-0.39, 0.29) is 0 Å². The molecule has 3 heteroatoms. The zero-order valence-corrected chi connectivity index (χ0v) is 7.19. The molecular formula is C7H13NOS. The first-order valence-electron chi connectivity index (χ1n) is 3.55. The van der Waals surface area contributed by atoms with Crippen molar-refractivity contribution in [3.8, 4) is 0 Å². The van der Waals surface area contributed by atoms with E-state index in [1.165, 1.54) is 0 Å². The van der Waals surface area contributed by atoms with Crippen LogP contribution in [0.2, 0.25) is 0 Å². The van der Waals surface area contributed by atoms with E-state index in [4.69, 9.17) is 5.21 Å². The van der Waals surface area contributed by atoms with Gasteiger partial charge in [-0.1, -0.05) is 19.0 Å². The molecule has 2 unspecified atom stereocenters. The Bertz CT molecular complexity index is 135. The van der Waals surface area contributed by atoms with Gasteiger partial charge in [-0.3, -0.25) is 0 Å². The largest absolute Gasteiger partial charge is 0.411 e. The molecule has 0 aromatic carbocycles. The molecule has 0 aromatic heterocycles. The summed E-state index contributed by atoms with van der Waals surface area (Å²) >= 11 is 1.94. The van der Waals surface area contributed by atoms with Crippen LogP contribution in [0.15, 0.2) is 5.16 Å². The van der Waals surface area contributed by atoms with Crippen molar-refractivity contribution in [1.82, 2.24) is 0 Å². The fraction of sp³-hybridized carbons (Fsp3) is 0.857. The van der Waals surface area contributed by atoms with Crippen molar-refractivity contribution < 1.29 is 5.21 Å². The molecule has 0 bridgehead atoms. The van der Waals surface area contributed by atoms with Gasteiger partial charge in [0.1, 0.15) is 0 Å². The number of hydrogen-bond acceptors (Lipinski definition) is 3. The van der Waals surface area contributed by atoms with Crippen LogP contribution in [0.1, 0.15) is 13.8 Å². The summed E-state index contributed by atoms with van der Waals surface area (Å²) in [4.78, 5) is 0. The van der Waals surface area contributed by atoms with E-state index in [0.717, 1.165) is 17.2 Å². The van der Waals surface area contributed by atoms with Crippen molar-refractivity contribution >= 4 is 17.5 Å². The van der Waals surface area contributed by atoms with Crippen molar-refractivity contribution in [2.24, 2.45) is 17.0 Å². The van der Waals surface area contributed by atoms with Gasteiger partial charge in [0.25, 0.3) is 0 Å². The van der Waals surface area contributed by atoms with Gasteiger partial charge in [-0.15, -0.1) is 0 Å².